The molecule has 0 unspecified atom stereocenters. The highest BCUT2D eigenvalue weighted by atomic mass is 35.5. The molecular weight excluding hydrogens is 442 g/mol. The summed E-state index contributed by atoms with van der Waals surface area (Å²) in [5.41, 5.74) is 0.727. The molecule has 31 heavy (non-hydrogen) atoms. The van der Waals surface area contributed by atoms with E-state index >= 15 is 0 Å². The second-order valence-corrected chi connectivity index (χ2v) is 9.07. The maximum Gasteiger partial charge on any atom is 0.343 e. The third kappa shape index (κ3) is 4.45. The molecule has 0 radical (unpaired) electrons. The maximum atomic E-state index is 12.8. The minimum atomic E-state index is -3.76. The van der Waals surface area contributed by atoms with Gasteiger partial charge in [-0.1, -0.05) is 11.6 Å². The van der Waals surface area contributed by atoms with Crippen LogP contribution in [0.15, 0.2) is 71.6 Å². The number of nitrogens with zero attached hydrogens (tertiary/aromatic N) is 1. The molecule has 0 N–H and O–H groups in total. The van der Waals surface area contributed by atoms with Crippen molar-refractivity contribution < 1.29 is 27.4 Å². The van der Waals surface area contributed by atoms with Gasteiger partial charge in [-0.15, -0.1) is 0 Å². The summed E-state index contributed by atoms with van der Waals surface area (Å²) in [5.74, 6) is 0.787. The van der Waals surface area contributed by atoms with Gasteiger partial charge in [-0.25, -0.2) is 13.2 Å². The van der Waals surface area contributed by atoms with Crippen LogP contribution in [0.5, 0.6) is 17.2 Å². The topological polar surface area (TPSA) is 82.1 Å². The van der Waals surface area contributed by atoms with Crippen molar-refractivity contribution >= 4 is 33.3 Å². The summed E-state index contributed by atoms with van der Waals surface area (Å²) in [7, 11) is -2.31. The number of carbonyl (C=O) groups is 1. The van der Waals surface area contributed by atoms with Crippen LogP contribution in [0, 0.1) is 0 Å². The largest absolute Gasteiger partial charge is 0.486 e. The van der Waals surface area contributed by atoms with E-state index in [2.05, 4.69) is 0 Å². The average molecular weight is 460 g/mol. The molecule has 160 valence electrons. The summed E-state index contributed by atoms with van der Waals surface area (Å²) in [6.45, 7) is 0.880. The molecule has 1 aliphatic heterocycles. The standard InChI is InChI=1S/C22H18ClNO6S/c1-24(31(26,27)19-9-3-16(23)4-10-19)17-5-7-18(8-6-17)30-22(25)15-2-11-20-21(14-15)29-13-12-28-20/h2-11,14H,12-13H2,1H3. The molecule has 0 atom stereocenters. The van der Waals surface area contributed by atoms with E-state index in [1.54, 1.807) is 30.3 Å². The molecule has 0 aliphatic carbocycles. The number of benzene rings is 3. The number of fused-ring (bicyclic) bond motifs is 1. The van der Waals surface area contributed by atoms with E-state index in [-0.39, 0.29) is 10.6 Å². The summed E-state index contributed by atoms with van der Waals surface area (Å²) in [5, 5.41) is 0.450. The first-order chi connectivity index (χ1) is 14.8. The second kappa shape index (κ2) is 8.49. The zero-order chi connectivity index (χ0) is 22.0. The van der Waals surface area contributed by atoms with Gasteiger partial charge >= 0.3 is 5.97 Å². The Hall–Kier alpha value is -3.23. The number of halogens is 1. The lowest BCUT2D eigenvalue weighted by atomic mass is 10.2. The van der Waals surface area contributed by atoms with Crippen molar-refractivity contribution in [3.8, 4) is 17.2 Å². The normalized spacial score (nSPS) is 12.8. The Morgan fingerprint density at radius 3 is 2.26 bits per heavy atom. The van der Waals surface area contributed by atoms with Crippen molar-refractivity contribution in [3.63, 3.8) is 0 Å². The molecule has 0 saturated carbocycles. The van der Waals surface area contributed by atoms with Gasteiger partial charge in [0, 0.05) is 12.1 Å². The van der Waals surface area contributed by atoms with E-state index in [0.29, 0.717) is 41.0 Å². The predicted octanol–water partition coefficient (Wildman–Crippen LogP) is 4.16. The highest BCUT2D eigenvalue weighted by Gasteiger charge is 2.21. The fourth-order valence-corrected chi connectivity index (χ4v) is 4.29. The number of sulfonamides is 1. The number of ether oxygens (including phenoxy) is 3. The van der Waals surface area contributed by atoms with Crippen molar-refractivity contribution in [2.24, 2.45) is 0 Å². The van der Waals surface area contributed by atoms with Crippen molar-refractivity contribution in [1.82, 2.24) is 0 Å². The van der Waals surface area contributed by atoms with Gasteiger partial charge in [-0.2, -0.15) is 0 Å². The quantitative estimate of drug-likeness (QED) is 0.421. The van der Waals surface area contributed by atoms with Crippen molar-refractivity contribution in [1.29, 1.82) is 0 Å². The first-order valence-corrected chi connectivity index (χ1v) is 11.1. The molecule has 7 nitrogen and oxygen atoms in total. The molecule has 0 bridgehead atoms. The highest BCUT2D eigenvalue weighted by Crippen LogP contribution is 2.31. The maximum absolute atomic E-state index is 12.8. The van der Waals surface area contributed by atoms with Crippen LogP contribution in [0.4, 0.5) is 5.69 Å². The Kier molecular flexibility index (Phi) is 5.75. The highest BCUT2D eigenvalue weighted by molar-refractivity contribution is 7.92. The van der Waals surface area contributed by atoms with Crippen LogP contribution in [0.1, 0.15) is 10.4 Å². The first kappa shape index (κ1) is 21.0. The van der Waals surface area contributed by atoms with Crippen LogP contribution in [-0.4, -0.2) is 34.6 Å². The fraction of sp³-hybridized carbons (Fsp3) is 0.136. The van der Waals surface area contributed by atoms with Gasteiger partial charge in [0.2, 0.25) is 0 Å². The average Bonchev–Trinajstić information content (AvgIpc) is 2.79. The molecule has 0 spiro atoms. The van der Waals surface area contributed by atoms with Crippen LogP contribution in [0.25, 0.3) is 0 Å². The van der Waals surface area contributed by atoms with Gasteiger partial charge in [-0.05, 0) is 66.7 Å². The molecule has 0 amide bonds. The summed E-state index contributed by atoms with van der Waals surface area (Å²) < 4.78 is 43.0. The van der Waals surface area contributed by atoms with E-state index in [1.165, 1.54) is 43.4 Å². The zero-order valence-electron chi connectivity index (χ0n) is 16.4. The smallest absolute Gasteiger partial charge is 0.343 e. The van der Waals surface area contributed by atoms with Gasteiger partial charge < -0.3 is 14.2 Å². The van der Waals surface area contributed by atoms with Crippen molar-refractivity contribution in [3.05, 3.63) is 77.3 Å². The molecule has 0 saturated heterocycles. The molecular formula is C22H18ClNO6S. The summed E-state index contributed by atoms with van der Waals surface area (Å²) in [4.78, 5) is 12.6. The van der Waals surface area contributed by atoms with Gasteiger partial charge in [0.1, 0.15) is 19.0 Å². The lowest BCUT2D eigenvalue weighted by Crippen LogP contribution is -2.26. The molecule has 9 heteroatoms. The minimum absolute atomic E-state index is 0.119. The van der Waals surface area contributed by atoms with Gasteiger partial charge in [0.25, 0.3) is 10.0 Å². The van der Waals surface area contributed by atoms with Crippen LogP contribution in [0.3, 0.4) is 0 Å². The minimum Gasteiger partial charge on any atom is -0.486 e. The first-order valence-electron chi connectivity index (χ1n) is 9.31. The van der Waals surface area contributed by atoms with E-state index in [1.807, 2.05) is 0 Å². The Bertz CT molecular complexity index is 1210. The summed E-state index contributed by atoms with van der Waals surface area (Å²) in [6.07, 6.45) is 0. The van der Waals surface area contributed by atoms with Crippen molar-refractivity contribution in [2.45, 2.75) is 4.90 Å². The number of hydrogen-bond acceptors (Lipinski definition) is 6. The second-order valence-electron chi connectivity index (χ2n) is 6.67. The summed E-state index contributed by atoms with van der Waals surface area (Å²) >= 11 is 5.83. The van der Waals surface area contributed by atoms with Crippen LogP contribution in [0.2, 0.25) is 5.02 Å². The van der Waals surface area contributed by atoms with E-state index in [9.17, 15) is 13.2 Å². The van der Waals surface area contributed by atoms with Gasteiger partial charge in [-0.3, -0.25) is 4.31 Å². The Morgan fingerprint density at radius 2 is 1.58 bits per heavy atom. The number of hydrogen-bond donors (Lipinski definition) is 0. The molecule has 1 aliphatic rings. The Labute approximate surface area is 184 Å². The molecule has 3 aromatic carbocycles. The zero-order valence-corrected chi connectivity index (χ0v) is 18.0. The molecule has 4 rings (SSSR count). The SMILES string of the molecule is CN(c1ccc(OC(=O)c2ccc3c(c2)OCCO3)cc1)S(=O)(=O)c1ccc(Cl)cc1. The van der Waals surface area contributed by atoms with Gasteiger partial charge in [0.05, 0.1) is 16.1 Å². The predicted molar refractivity (Wildman–Crippen MR) is 116 cm³/mol. The Balaban J connectivity index is 1.48. The van der Waals surface area contributed by atoms with E-state index in [0.717, 1.165) is 4.31 Å². The lowest BCUT2D eigenvalue weighted by molar-refractivity contribution is 0.0733. The molecule has 3 aromatic rings. The molecule has 1 heterocycles. The lowest BCUT2D eigenvalue weighted by Gasteiger charge is -2.20. The van der Waals surface area contributed by atoms with E-state index < -0.39 is 16.0 Å². The van der Waals surface area contributed by atoms with Gasteiger partial charge in [0.15, 0.2) is 11.5 Å². The van der Waals surface area contributed by atoms with Crippen molar-refractivity contribution in [2.75, 3.05) is 24.6 Å². The molecule has 0 aromatic heterocycles. The third-order valence-corrected chi connectivity index (χ3v) is 6.71. The fourth-order valence-electron chi connectivity index (χ4n) is 2.96. The number of esters is 1. The van der Waals surface area contributed by atoms with Crippen LogP contribution in [-0.2, 0) is 10.0 Å². The van der Waals surface area contributed by atoms with E-state index in [4.69, 9.17) is 25.8 Å². The van der Waals surface area contributed by atoms with Crippen LogP contribution >= 0.6 is 11.6 Å². The summed E-state index contributed by atoms with van der Waals surface area (Å²) in [6, 6.07) is 16.9. The van der Waals surface area contributed by atoms with Crippen LogP contribution < -0.4 is 18.5 Å². The monoisotopic (exact) mass is 459 g/mol. The number of rotatable bonds is 5. The molecule has 0 fully saturated rings. The number of anilines is 1. The Morgan fingerprint density at radius 1 is 0.935 bits per heavy atom. The third-order valence-electron chi connectivity index (χ3n) is 4.66. The number of carbonyl (C=O) groups excluding carboxylic acids is 1.